The van der Waals surface area contributed by atoms with Gasteiger partial charge in [0.15, 0.2) is 5.96 Å². The van der Waals surface area contributed by atoms with Crippen molar-refractivity contribution in [3.05, 3.63) is 12.7 Å². The Kier molecular flexibility index (Phi) is 11.9. The number of likely N-dealkylation sites (N-methyl/N-ethyl adjacent to an activating group) is 1. The molecule has 26 heavy (non-hydrogen) atoms. The molecule has 2 N–H and O–H groups in total. The Hall–Kier alpha value is -1.04. The Morgan fingerprint density at radius 3 is 2.50 bits per heavy atom. The van der Waals surface area contributed by atoms with Crippen LogP contribution in [0.1, 0.15) is 19.8 Å². The molecule has 1 fully saturated rings. The second-order valence-electron chi connectivity index (χ2n) is 6.07. The minimum absolute atomic E-state index is 0. The molecule has 1 aliphatic heterocycles. The van der Waals surface area contributed by atoms with Crippen LogP contribution >= 0.6 is 24.0 Å². The Morgan fingerprint density at radius 1 is 1.38 bits per heavy atom. The fourth-order valence-electron chi connectivity index (χ4n) is 2.58. The van der Waals surface area contributed by atoms with Crippen molar-refractivity contribution in [3.8, 4) is 0 Å². The van der Waals surface area contributed by atoms with Crippen molar-refractivity contribution in [3.63, 3.8) is 0 Å². The van der Waals surface area contributed by atoms with Crippen molar-refractivity contribution < 1.29 is 18.0 Å². The number of hydrogen-bond acceptors (Lipinski definition) is 3. The minimum atomic E-state index is -4.41. The van der Waals surface area contributed by atoms with Crippen LogP contribution in [0.2, 0.25) is 0 Å². The van der Waals surface area contributed by atoms with Crippen LogP contribution < -0.4 is 10.6 Å². The van der Waals surface area contributed by atoms with Crippen LogP contribution in [0.5, 0.6) is 0 Å². The zero-order chi connectivity index (χ0) is 18.9. The number of rotatable bonds is 7. The van der Waals surface area contributed by atoms with Gasteiger partial charge in [-0.2, -0.15) is 13.2 Å². The van der Waals surface area contributed by atoms with Gasteiger partial charge in [-0.25, -0.2) is 4.99 Å². The van der Waals surface area contributed by atoms with E-state index in [1.165, 1.54) is 0 Å². The first-order chi connectivity index (χ1) is 11.7. The molecule has 0 unspecified atom stereocenters. The summed E-state index contributed by atoms with van der Waals surface area (Å²) in [5.74, 6) is -0.214. The molecular formula is C16H29F3IN5O. The SMILES string of the molecule is C=CCN1CCC(NC(=NCC(=O)N(C)CC(F)(F)F)NCC)CC1.I. The fraction of sp³-hybridized carbons (Fsp3) is 0.750. The fourth-order valence-corrected chi connectivity index (χ4v) is 2.58. The maximum absolute atomic E-state index is 12.3. The van der Waals surface area contributed by atoms with E-state index < -0.39 is 18.6 Å². The number of carbonyl (C=O) groups is 1. The van der Waals surface area contributed by atoms with Gasteiger partial charge in [0.25, 0.3) is 0 Å². The van der Waals surface area contributed by atoms with E-state index in [1.807, 2.05) is 13.0 Å². The lowest BCUT2D eigenvalue weighted by molar-refractivity contribution is -0.157. The topological polar surface area (TPSA) is 60.0 Å². The molecule has 6 nitrogen and oxygen atoms in total. The third-order valence-corrected chi connectivity index (χ3v) is 3.87. The average Bonchev–Trinajstić information content (AvgIpc) is 2.53. The molecule has 1 aliphatic rings. The molecule has 1 heterocycles. The first-order valence-electron chi connectivity index (χ1n) is 8.44. The molecule has 0 spiro atoms. The number of carbonyl (C=O) groups excluding carboxylic acids is 1. The number of piperidine rings is 1. The van der Waals surface area contributed by atoms with Gasteiger partial charge >= 0.3 is 6.18 Å². The molecule has 0 radical (unpaired) electrons. The Bertz CT molecular complexity index is 465. The van der Waals surface area contributed by atoms with Gasteiger partial charge in [-0.3, -0.25) is 9.69 Å². The number of alkyl halides is 3. The summed E-state index contributed by atoms with van der Waals surface area (Å²) in [6.45, 7) is 7.38. The molecule has 1 saturated heterocycles. The summed E-state index contributed by atoms with van der Waals surface area (Å²) in [6.07, 6.45) is -0.668. The monoisotopic (exact) mass is 491 g/mol. The molecular weight excluding hydrogens is 462 g/mol. The van der Waals surface area contributed by atoms with Crippen LogP contribution in [-0.4, -0.2) is 80.2 Å². The zero-order valence-electron chi connectivity index (χ0n) is 15.3. The first kappa shape index (κ1) is 25.0. The van der Waals surface area contributed by atoms with Crippen molar-refractivity contribution in [2.75, 3.05) is 46.3 Å². The third-order valence-electron chi connectivity index (χ3n) is 3.87. The summed E-state index contributed by atoms with van der Waals surface area (Å²) >= 11 is 0. The Labute approximate surface area is 170 Å². The van der Waals surface area contributed by atoms with Crippen LogP contribution in [0, 0.1) is 0 Å². The second kappa shape index (κ2) is 12.4. The van der Waals surface area contributed by atoms with Gasteiger partial charge in [-0.1, -0.05) is 6.08 Å². The van der Waals surface area contributed by atoms with E-state index in [2.05, 4.69) is 27.1 Å². The first-order valence-corrected chi connectivity index (χ1v) is 8.44. The average molecular weight is 491 g/mol. The predicted octanol–water partition coefficient (Wildman–Crippen LogP) is 1.83. The van der Waals surface area contributed by atoms with Crippen LogP contribution in [-0.2, 0) is 4.79 Å². The molecule has 0 atom stereocenters. The Morgan fingerprint density at radius 2 is 2.00 bits per heavy atom. The number of amides is 1. The highest BCUT2D eigenvalue weighted by Gasteiger charge is 2.31. The number of hydrogen-bond donors (Lipinski definition) is 2. The highest BCUT2D eigenvalue weighted by Crippen LogP contribution is 2.15. The van der Waals surface area contributed by atoms with Crippen LogP contribution in [0.3, 0.4) is 0 Å². The lowest BCUT2D eigenvalue weighted by atomic mass is 10.1. The summed E-state index contributed by atoms with van der Waals surface area (Å²) in [4.78, 5) is 18.8. The maximum Gasteiger partial charge on any atom is 0.406 e. The van der Waals surface area contributed by atoms with E-state index >= 15 is 0 Å². The summed E-state index contributed by atoms with van der Waals surface area (Å²) in [5.41, 5.74) is 0. The summed E-state index contributed by atoms with van der Waals surface area (Å²) in [7, 11) is 1.13. The van der Waals surface area contributed by atoms with Gasteiger partial charge in [-0.15, -0.1) is 30.6 Å². The van der Waals surface area contributed by atoms with E-state index in [4.69, 9.17) is 0 Å². The number of likely N-dealkylation sites (tertiary alicyclic amines) is 1. The van der Waals surface area contributed by atoms with Gasteiger partial charge in [0.05, 0.1) is 0 Å². The summed E-state index contributed by atoms with van der Waals surface area (Å²) in [6, 6.07) is 0.224. The van der Waals surface area contributed by atoms with Crippen molar-refractivity contribution in [2.45, 2.75) is 32.0 Å². The minimum Gasteiger partial charge on any atom is -0.357 e. The molecule has 0 aromatic carbocycles. The number of halogens is 4. The molecule has 0 aliphatic carbocycles. The normalized spacial score (nSPS) is 16.6. The molecule has 0 saturated carbocycles. The Balaban J connectivity index is 0.00000625. The number of nitrogens with zero attached hydrogens (tertiary/aromatic N) is 3. The largest absolute Gasteiger partial charge is 0.406 e. The molecule has 0 aromatic rings. The van der Waals surface area contributed by atoms with E-state index in [0.29, 0.717) is 17.4 Å². The van der Waals surface area contributed by atoms with Crippen LogP contribution in [0.4, 0.5) is 13.2 Å². The molecule has 10 heteroatoms. The van der Waals surface area contributed by atoms with E-state index in [9.17, 15) is 18.0 Å². The highest BCUT2D eigenvalue weighted by atomic mass is 127. The lowest BCUT2D eigenvalue weighted by Crippen LogP contribution is -2.49. The highest BCUT2D eigenvalue weighted by molar-refractivity contribution is 14.0. The van der Waals surface area contributed by atoms with Crippen molar-refractivity contribution >= 4 is 35.8 Å². The second-order valence-corrected chi connectivity index (χ2v) is 6.07. The number of nitrogens with one attached hydrogen (secondary N) is 2. The van der Waals surface area contributed by atoms with Gasteiger partial charge in [-0.05, 0) is 19.8 Å². The number of guanidine groups is 1. The van der Waals surface area contributed by atoms with Crippen molar-refractivity contribution in [1.82, 2.24) is 20.4 Å². The van der Waals surface area contributed by atoms with Crippen LogP contribution in [0.25, 0.3) is 0 Å². The van der Waals surface area contributed by atoms with E-state index in [0.717, 1.165) is 39.5 Å². The van der Waals surface area contributed by atoms with E-state index in [1.54, 1.807) is 0 Å². The van der Waals surface area contributed by atoms with Gasteiger partial charge in [0, 0.05) is 39.3 Å². The standard InChI is InChI=1S/C16H28F3N5O.HI/c1-4-8-24-9-6-13(7-10-24)22-15(20-5-2)21-11-14(25)23(3)12-16(17,18)19;/h4,13H,1,5-12H2,2-3H3,(H2,20,21,22);1H. The summed E-state index contributed by atoms with van der Waals surface area (Å²) < 4.78 is 37.0. The van der Waals surface area contributed by atoms with E-state index in [-0.39, 0.29) is 36.6 Å². The van der Waals surface area contributed by atoms with Crippen LogP contribution in [0.15, 0.2) is 17.6 Å². The predicted molar refractivity (Wildman–Crippen MR) is 108 cm³/mol. The van der Waals surface area contributed by atoms with Crippen molar-refractivity contribution in [2.24, 2.45) is 4.99 Å². The summed E-state index contributed by atoms with van der Waals surface area (Å²) in [5, 5.41) is 6.28. The molecule has 0 bridgehead atoms. The third kappa shape index (κ3) is 10.2. The van der Waals surface area contributed by atoms with Gasteiger partial charge in [0.1, 0.15) is 13.1 Å². The molecule has 1 amide bonds. The number of aliphatic imine (C=N–C) groups is 1. The smallest absolute Gasteiger partial charge is 0.357 e. The maximum atomic E-state index is 12.3. The quantitative estimate of drug-likeness (QED) is 0.247. The van der Waals surface area contributed by atoms with Gasteiger partial charge < -0.3 is 15.5 Å². The molecule has 152 valence electrons. The molecule has 1 rings (SSSR count). The van der Waals surface area contributed by atoms with Gasteiger partial charge in [0.2, 0.25) is 5.91 Å². The molecule has 0 aromatic heterocycles. The zero-order valence-corrected chi connectivity index (χ0v) is 17.6. The van der Waals surface area contributed by atoms with Crippen molar-refractivity contribution in [1.29, 1.82) is 0 Å². The lowest BCUT2D eigenvalue weighted by Gasteiger charge is -2.32.